The van der Waals surface area contributed by atoms with Crippen LogP contribution in [-0.2, 0) is 30.6 Å². The van der Waals surface area contributed by atoms with Crippen LogP contribution < -0.4 is 5.32 Å². The molecule has 7 heteroatoms. The third kappa shape index (κ3) is 3.46. The Hall–Kier alpha value is -2.34. The molecule has 1 aliphatic heterocycles. The highest BCUT2D eigenvalue weighted by molar-refractivity contribution is 6.31. The summed E-state index contributed by atoms with van der Waals surface area (Å²) in [7, 11) is 0. The highest BCUT2D eigenvalue weighted by atomic mass is 35.5. The van der Waals surface area contributed by atoms with Gasteiger partial charge in [0, 0.05) is 42.8 Å². The van der Waals surface area contributed by atoms with Crippen LogP contribution in [0.2, 0.25) is 5.02 Å². The smallest absolute Gasteiger partial charge is 0.226 e. The van der Waals surface area contributed by atoms with Crippen molar-refractivity contribution in [3.8, 4) is 0 Å². The van der Waals surface area contributed by atoms with Crippen LogP contribution in [0.4, 0.5) is 4.39 Å². The Balaban J connectivity index is 1.34. The fraction of sp³-hybridized carbons (Fsp3) is 0.368. The Morgan fingerprint density at radius 2 is 2.27 bits per heavy atom. The lowest BCUT2D eigenvalue weighted by atomic mass is 10.1. The number of carbonyl (C=O) groups is 1. The molecule has 1 amide bonds. The molecule has 0 aliphatic carbocycles. The number of fused-ring (bicyclic) bond motifs is 2. The maximum absolute atomic E-state index is 13.5. The Morgan fingerprint density at radius 1 is 1.38 bits per heavy atom. The SMILES string of the molecule is O=C(Cc1cn2c(n1)CCCC2)NCCc1c[nH]c2cc(F)c(Cl)cc12. The summed E-state index contributed by atoms with van der Waals surface area (Å²) in [6.07, 6.45) is 8.10. The molecule has 5 nitrogen and oxygen atoms in total. The summed E-state index contributed by atoms with van der Waals surface area (Å²) in [6.45, 7) is 1.50. The molecular weight excluding hydrogens is 355 g/mol. The average molecular weight is 375 g/mol. The zero-order chi connectivity index (χ0) is 18.1. The van der Waals surface area contributed by atoms with Crippen molar-refractivity contribution in [2.45, 2.75) is 38.6 Å². The van der Waals surface area contributed by atoms with Gasteiger partial charge in [-0.2, -0.15) is 0 Å². The van der Waals surface area contributed by atoms with Crippen LogP contribution in [0.25, 0.3) is 10.9 Å². The second-order valence-corrected chi connectivity index (χ2v) is 7.11. The van der Waals surface area contributed by atoms with Crippen molar-refractivity contribution in [2.24, 2.45) is 0 Å². The van der Waals surface area contributed by atoms with Crippen molar-refractivity contribution in [1.29, 1.82) is 0 Å². The molecular formula is C19H20ClFN4O. The number of halogens is 2. The molecule has 0 radical (unpaired) electrons. The van der Waals surface area contributed by atoms with E-state index in [1.54, 1.807) is 6.07 Å². The number of carbonyl (C=O) groups excluding carboxylic acids is 1. The van der Waals surface area contributed by atoms with E-state index in [0.717, 1.165) is 35.4 Å². The molecule has 0 spiro atoms. The van der Waals surface area contributed by atoms with E-state index in [-0.39, 0.29) is 10.9 Å². The summed E-state index contributed by atoms with van der Waals surface area (Å²) in [5.74, 6) is 0.606. The van der Waals surface area contributed by atoms with Crippen molar-refractivity contribution < 1.29 is 9.18 Å². The number of nitrogens with one attached hydrogen (secondary N) is 2. The van der Waals surface area contributed by atoms with Gasteiger partial charge in [0.05, 0.1) is 17.1 Å². The highest BCUT2D eigenvalue weighted by Crippen LogP contribution is 2.25. The van der Waals surface area contributed by atoms with Gasteiger partial charge in [0.25, 0.3) is 0 Å². The number of H-pyrrole nitrogens is 1. The Labute approximate surface area is 155 Å². The maximum atomic E-state index is 13.5. The van der Waals surface area contributed by atoms with Gasteiger partial charge < -0.3 is 14.9 Å². The third-order valence-corrected chi connectivity index (χ3v) is 5.11. The first-order valence-corrected chi connectivity index (χ1v) is 9.24. The minimum absolute atomic E-state index is 0.0376. The van der Waals surface area contributed by atoms with Crippen molar-refractivity contribution in [1.82, 2.24) is 19.9 Å². The molecule has 0 saturated heterocycles. The maximum Gasteiger partial charge on any atom is 0.226 e. The van der Waals surface area contributed by atoms with Crippen LogP contribution >= 0.6 is 11.6 Å². The van der Waals surface area contributed by atoms with Crippen LogP contribution in [0.3, 0.4) is 0 Å². The van der Waals surface area contributed by atoms with Crippen LogP contribution in [0, 0.1) is 5.82 Å². The van der Waals surface area contributed by atoms with E-state index in [2.05, 4.69) is 19.9 Å². The zero-order valence-corrected chi connectivity index (χ0v) is 15.1. The normalized spacial score (nSPS) is 13.8. The highest BCUT2D eigenvalue weighted by Gasteiger charge is 2.14. The Morgan fingerprint density at radius 3 is 3.12 bits per heavy atom. The molecule has 0 fully saturated rings. The minimum atomic E-state index is -0.441. The van der Waals surface area contributed by atoms with Gasteiger partial charge in [0.1, 0.15) is 11.6 Å². The molecule has 2 N–H and O–H groups in total. The third-order valence-electron chi connectivity index (χ3n) is 4.82. The molecule has 1 aromatic carbocycles. The topological polar surface area (TPSA) is 62.7 Å². The molecule has 4 rings (SSSR count). The Kier molecular flexibility index (Phi) is 4.68. The molecule has 0 atom stereocenters. The lowest BCUT2D eigenvalue weighted by Crippen LogP contribution is -2.27. The van der Waals surface area contributed by atoms with E-state index in [1.807, 2.05) is 12.4 Å². The van der Waals surface area contributed by atoms with Gasteiger partial charge >= 0.3 is 0 Å². The van der Waals surface area contributed by atoms with Crippen LogP contribution in [-0.4, -0.2) is 27.0 Å². The summed E-state index contributed by atoms with van der Waals surface area (Å²) in [4.78, 5) is 19.8. The molecule has 26 heavy (non-hydrogen) atoms. The number of imidazole rings is 1. The number of hydrogen-bond acceptors (Lipinski definition) is 2. The second kappa shape index (κ2) is 7.11. The Bertz CT molecular complexity index is 939. The molecule has 0 bridgehead atoms. The summed E-state index contributed by atoms with van der Waals surface area (Å²) < 4.78 is 15.6. The average Bonchev–Trinajstić information content (AvgIpc) is 3.19. The minimum Gasteiger partial charge on any atom is -0.361 e. The van der Waals surface area contributed by atoms with Crippen molar-refractivity contribution in [3.05, 3.63) is 52.4 Å². The molecule has 1 aliphatic rings. The number of hydrogen-bond donors (Lipinski definition) is 2. The van der Waals surface area contributed by atoms with Gasteiger partial charge in [-0.1, -0.05) is 11.6 Å². The van der Waals surface area contributed by atoms with Gasteiger partial charge in [-0.15, -0.1) is 0 Å². The van der Waals surface area contributed by atoms with E-state index < -0.39 is 5.82 Å². The zero-order valence-electron chi connectivity index (χ0n) is 14.3. The van der Waals surface area contributed by atoms with Crippen LogP contribution in [0.5, 0.6) is 0 Å². The lowest BCUT2D eigenvalue weighted by molar-refractivity contribution is -0.120. The summed E-state index contributed by atoms with van der Waals surface area (Å²) in [5, 5.41) is 3.92. The van der Waals surface area contributed by atoms with Crippen molar-refractivity contribution in [2.75, 3.05) is 6.54 Å². The van der Waals surface area contributed by atoms with E-state index in [4.69, 9.17) is 11.6 Å². The summed E-state index contributed by atoms with van der Waals surface area (Å²) in [6, 6.07) is 3.01. The second-order valence-electron chi connectivity index (χ2n) is 6.70. The molecule has 3 aromatic rings. The predicted octanol–water partition coefficient (Wildman–Crippen LogP) is 3.39. The van der Waals surface area contributed by atoms with E-state index in [0.29, 0.717) is 24.9 Å². The quantitative estimate of drug-likeness (QED) is 0.719. The van der Waals surface area contributed by atoms with Crippen LogP contribution in [0.15, 0.2) is 24.5 Å². The van der Waals surface area contributed by atoms with Crippen molar-refractivity contribution in [3.63, 3.8) is 0 Å². The van der Waals surface area contributed by atoms with Gasteiger partial charge in [-0.3, -0.25) is 4.79 Å². The first-order valence-electron chi connectivity index (χ1n) is 8.87. The molecule has 3 heterocycles. The lowest BCUT2D eigenvalue weighted by Gasteiger charge is -2.11. The fourth-order valence-corrected chi connectivity index (χ4v) is 3.67. The molecule has 2 aromatic heterocycles. The number of amides is 1. The van der Waals surface area contributed by atoms with Gasteiger partial charge in [-0.25, -0.2) is 9.37 Å². The standard InChI is InChI=1S/C19H20ClFN4O/c20-15-8-14-12(10-23-17(14)9-16(15)21)4-5-22-19(26)7-13-11-25-6-2-1-3-18(25)24-13/h8-11,23H,1-7H2,(H,22,26). The fourth-order valence-electron chi connectivity index (χ4n) is 3.50. The molecule has 136 valence electrons. The van der Waals surface area contributed by atoms with Gasteiger partial charge in [-0.05, 0) is 37.0 Å². The van der Waals surface area contributed by atoms with E-state index >= 15 is 0 Å². The summed E-state index contributed by atoms with van der Waals surface area (Å²) in [5.41, 5.74) is 2.53. The van der Waals surface area contributed by atoms with Gasteiger partial charge in [0.2, 0.25) is 5.91 Å². The van der Waals surface area contributed by atoms with Crippen LogP contribution in [0.1, 0.15) is 29.9 Å². The number of benzene rings is 1. The van der Waals surface area contributed by atoms with Crippen molar-refractivity contribution >= 4 is 28.4 Å². The number of aromatic nitrogens is 3. The van der Waals surface area contributed by atoms with E-state index in [9.17, 15) is 9.18 Å². The predicted molar refractivity (Wildman–Crippen MR) is 98.8 cm³/mol. The number of rotatable bonds is 5. The summed E-state index contributed by atoms with van der Waals surface area (Å²) >= 11 is 5.87. The number of aryl methyl sites for hydroxylation is 2. The first-order chi connectivity index (χ1) is 12.6. The largest absolute Gasteiger partial charge is 0.361 e. The number of aromatic amines is 1. The van der Waals surface area contributed by atoms with E-state index in [1.165, 1.54) is 18.9 Å². The number of nitrogens with zero attached hydrogens (tertiary/aromatic N) is 2. The monoisotopic (exact) mass is 374 g/mol. The molecule has 0 saturated carbocycles. The first kappa shape index (κ1) is 17.1. The molecule has 0 unspecified atom stereocenters. The van der Waals surface area contributed by atoms with Gasteiger partial charge in [0.15, 0.2) is 0 Å².